The number of aliphatic hydroxyl groups is 2. The smallest absolute Gasteiger partial charge is 0.178 e. The number of hydrogen-bond donors (Lipinski definition) is 7. The molecule has 0 amide bonds. The fourth-order valence-electron chi connectivity index (χ4n) is 3.96. The van der Waals surface area contributed by atoms with Gasteiger partial charge in [0.1, 0.15) is 11.4 Å². The first kappa shape index (κ1) is 24.9. The maximum absolute atomic E-state index is 9.17. The molecule has 196 valence electrons. The second-order valence-electron chi connectivity index (χ2n) is 8.52. The lowest BCUT2D eigenvalue weighted by Crippen LogP contribution is -2.29. The van der Waals surface area contributed by atoms with Crippen molar-refractivity contribution in [1.29, 1.82) is 5.41 Å². The number of fused-ring (bicyclic) bond motifs is 2. The summed E-state index contributed by atoms with van der Waals surface area (Å²) in [5.41, 5.74) is 9.33. The summed E-state index contributed by atoms with van der Waals surface area (Å²) >= 11 is 0. The van der Waals surface area contributed by atoms with Gasteiger partial charge in [-0.05, 0) is 43.2 Å². The molecule has 1 aliphatic rings. The maximum atomic E-state index is 9.17. The van der Waals surface area contributed by atoms with Crippen molar-refractivity contribution in [1.82, 2.24) is 19.2 Å². The van der Waals surface area contributed by atoms with Crippen LogP contribution in [0.2, 0.25) is 0 Å². The van der Waals surface area contributed by atoms with Crippen molar-refractivity contribution in [3.8, 4) is 0 Å². The number of aromatic nitrogens is 4. The van der Waals surface area contributed by atoms with E-state index in [1.165, 1.54) is 6.08 Å². The van der Waals surface area contributed by atoms with E-state index in [2.05, 4.69) is 31.1 Å². The molecule has 38 heavy (non-hydrogen) atoms. The topological polar surface area (TPSA) is 186 Å². The Balaban J connectivity index is 1.53. The Kier molecular flexibility index (Phi) is 7.28. The zero-order valence-corrected chi connectivity index (χ0v) is 20.6. The first-order valence-electron chi connectivity index (χ1n) is 12.2. The second-order valence-corrected chi connectivity index (χ2v) is 8.52. The first-order chi connectivity index (χ1) is 18.6. The van der Waals surface area contributed by atoms with E-state index in [1.54, 1.807) is 9.03 Å². The predicted molar refractivity (Wildman–Crippen MR) is 149 cm³/mol. The van der Waals surface area contributed by atoms with Gasteiger partial charge in [-0.3, -0.25) is 5.41 Å². The van der Waals surface area contributed by atoms with Crippen LogP contribution in [0.25, 0.3) is 11.0 Å². The molecule has 4 aromatic heterocycles. The van der Waals surface area contributed by atoms with Crippen molar-refractivity contribution >= 4 is 51.4 Å². The van der Waals surface area contributed by atoms with Crippen molar-refractivity contribution in [2.45, 2.75) is 12.8 Å². The molecule has 5 heterocycles. The van der Waals surface area contributed by atoms with Crippen LogP contribution >= 0.6 is 0 Å². The maximum Gasteiger partial charge on any atom is 0.178 e. The van der Waals surface area contributed by atoms with Crippen LogP contribution in [0, 0.1) is 5.41 Å². The number of aliphatic hydroxyl groups excluding tert-OH is 2. The minimum absolute atomic E-state index is 0.0573. The average Bonchev–Trinajstić information content (AvgIpc) is 3.45. The number of nitrogens with two attached hydrogens (primary N) is 1. The number of rotatable bonds is 10. The van der Waals surface area contributed by atoms with E-state index in [1.807, 2.05) is 48.8 Å². The Morgan fingerprint density at radius 2 is 1.53 bits per heavy atom. The lowest BCUT2D eigenvalue weighted by Gasteiger charge is -2.15. The number of dihydropyridines is 1. The molecule has 0 atom stereocenters. The number of nitrogens with one attached hydrogen (secondary N) is 4. The van der Waals surface area contributed by atoms with Gasteiger partial charge in [0.2, 0.25) is 0 Å². The Morgan fingerprint density at radius 3 is 2.24 bits per heavy atom. The number of nitrogens with zero attached hydrogens (tertiary/aromatic N) is 6. The van der Waals surface area contributed by atoms with Gasteiger partial charge in [0.25, 0.3) is 0 Å². The molecule has 8 N–H and O–H groups in total. The van der Waals surface area contributed by atoms with Crippen molar-refractivity contribution < 1.29 is 10.2 Å². The van der Waals surface area contributed by atoms with E-state index in [0.29, 0.717) is 48.9 Å². The van der Waals surface area contributed by atoms with E-state index in [0.717, 1.165) is 11.0 Å². The van der Waals surface area contributed by atoms with Crippen LogP contribution in [0.1, 0.15) is 12.8 Å². The van der Waals surface area contributed by atoms with E-state index < -0.39 is 0 Å². The molecule has 5 rings (SSSR count). The van der Waals surface area contributed by atoms with E-state index >= 15 is 0 Å². The minimum atomic E-state index is 0.0573. The SMILES string of the molecule is N=C1C=C(N)C(=Nc2c(NCCCO)nn3ccccc23)N=C1Nc1c(NCCCO)nn2ccccc12. The fraction of sp³-hybridized carbons (Fsp3) is 0.240. The van der Waals surface area contributed by atoms with Gasteiger partial charge in [0.05, 0.1) is 22.4 Å². The van der Waals surface area contributed by atoms with Crippen molar-refractivity contribution in [3.05, 3.63) is 60.6 Å². The quantitative estimate of drug-likeness (QED) is 0.156. The predicted octanol–water partition coefficient (Wildman–Crippen LogP) is 1.99. The molecular weight excluding hydrogens is 486 g/mol. The Hall–Kier alpha value is -4.75. The van der Waals surface area contributed by atoms with Crippen LogP contribution in [-0.4, -0.2) is 73.1 Å². The summed E-state index contributed by atoms with van der Waals surface area (Å²) in [6, 6.07) is 11.3. The van der Waals surface area contributed by atoms with Gasteiger partial charge in [-0.1, -0.05) is 12.1 Å². The molecule has 13 nitrogen and oxygen atoms in total. The third-order valence-corrected chi connectivity index (χ3v) is 5.80. The van der Waals surface area contributed by atoms with Gasteiger partial charge >= 0.3 is 0 Å². The normalized spacial score (nSPS) is 14.7. The third kappa shape index (κ3) is 5.05. The van der Waals surface area contributed by atoms with Gasteiger partial charge < -0.3 is 31.9 Å². The Labute approximate surface area is 217 Å². The molecule has 0 saturated carbocycles. The molecule has 13 heteroatoms. The molecule has 0 aliphatic carbocycles. The van der Waals surface area contributed by atoms with Gasteiger partial charge in [-0.25, -0.2) is 19.0 Å². The summed E-state index contributed by atoms with van der Waals surface area (Å²) in [5, 5.41) is 45.7. The summed E-state index contributed by atoms with van der Waals surface area (Å²) in [4.78, 5) is 9.36. The molecule has 0 radical (unpaired) electrons. The van der Waals surface area contributed by atoms with Crippen LogP contribution in [-0.2, 0) is 0 Å². The highest BCUT2D eigenvalue weighted by atomic mass is 16.3. The van der Waals surface area contributed by atoms with Crippen LogP contribution < -0.4 is 21.7 Å². The van der Waals surface area contributed by atoms with Crippen molar-refractivity contribution in [2.75, 3.05) is 42.3 Å². The molecule has 0 unspecified atom stereocenters. The van der Waals surface area contributed by atoms with Crippen molar-refractivity contribution in [3.63, 3.8) is 0 Å². The zero-order chi connectivity index (χ0) is 26.5. The Bertz CT molecular complexity index is 1560. The van der Waals surface area contributed by atoms with E-state index in [-0.39, 0.29) is 36.3 Å². The average molecular weight is 516 g/mol. The molecule has 0 fully saturated rings. The molecule has 1 aliphatic heterocycles. The van der Waals surface area contributed by atoms with Crippen LogP contribution in [0.5, 0.6) is 0 Å². The summed E-state index contributed by atoms with van der Waals surface area (Å²) in [5.74, 6) is 1.60. The molecular formula is C25H29N11O2. The van der Waals surface area contributed by atoms with Gasteiger partial charge in [0, 0.05) is 38.7 Å². The molecule has 0 spiro atoms. The number of aliphatic imine (C=N–C) groups is 2. The highest BCUT2D eigenvalue weighted by molar-refractivity contribution is 6.52. The molecule has 0 bridgehead atoms. The molecule has 4 aromatic rings. The highest BCUT2D eigenvalue weighted by Gasteiger charge is 2.22. The summed E-state index contributed by atoms with van der Waals surface area (Å²) in [6.07, 6.45) is 6.27. The highest BCUT2D eigenvalue weighted by Crippen LogP contribution is 2.31. The van der Waals surface area contributed by atoms with E-state index in [4.69, 9.17) is 16.1 Å². The lowest BCUT2D eigenvalue weighted by atomic mass is 10.2. The van der Waals surface area contributed by atoms with Crippen molar-refractivity contribution in [2.24, 2.45) is 15.7 Å². The minimum Gasteiger partial charge on any atom is -0.396 e. The van der Waals surface area contributed by atoms with Crippen LogP contribution in [0.4, 0.5) is 23.0 Å². The number of amidine groups is 2. The third-order valence-electron chi connectivity index (χ3n) is 5.80. The van der Waals surface area contributed by atoms with Gasteiger partial charge in [-0.15, -0.1) is 10.2 Å². The monoisotopic (exact) mass is 515 g/mol. The summed E-state index contributed by atoms with van der Waals surface area (Å²) < 4.78 is 3.43. The van der Waals surface area contributed by atoms with Crippen LogP contribution in [0.3, 0.4) is 0 Å². The van der Waals surface area contributed by atoms with Gasteiger partial charge in [-0.2, -0.15) is 0 Å². The van der Waals surface area contributed by atoms with Gasteiger partial charge in [0.15, 0.2) is 23.3 Å². The van der Waals surface area contributed by atoms with E-state index in [9.17, 15) is 10.2 Å². The second kappa shape index (κ2) is 11.1. The number of anilines is 3. The molecule has 0 aromatic carbocycles. The number of hydrogen-bond acceptors (Lipinski definition) is 10. The summed E-state index contributed by atoms with van der Waals surface area (Å²) in [7, 11) is 0. The first-order valence-corrected chi connectivity index (χ1v) is 12.2. The largest absolute Gasteiger partial charge is 0.396 e. The number of pyridine rings is 2. The molecule has 0 saturated heterocycles. The zero-order valence-electron chi connectivity index (χ0n) is 20.6. The summed E-state index contributed by atoms with van der Waals surface area (Å²) in [6.45, 7) is 1.16. The lowest BCUT2D eigenvalue weighted by molar-refractivity contribution is 0.292. The standard InChI is InChI=1S/C25H29N11O2/c26-16-15-17(27)23(31-21-19-8-2-4-12-36(19)34-25(21)29-10-6-14-38)32-22(16)30-20-18-7-1-3-11-35(18)33-24(20)28-9-5-13-37/h1-4,7-8,11-12,15,26,37-38H,5-6,9-10,13-14,27H2,(H,28,33)(H,29,34)(H,30,31,32). The van der Waals surface area contributed by atoms with Crippen LogP contribution in [0.15, 0.2) is 70.5 Å². The fourth-order valence-corrected chi connectivity index (χ4v) is 3.96. The Morgan fingerprint density at radius 1 is 0.895 bits per heavy atom.